The standard InChI is InChI=1S/C11H7BN4O2/c13-5-8(6-14)11(7-15)16-10-3-1-2-9(4-10)12(17)18/h1-4,16-18H. The van der Waals surface area contributed by atoms with Crippen LogP contribution in [-0.4, -0.2) is 17.2 Å². The average molecular weight is 238 g/mol. The molecule has 0 saturated carbocycles. The van der Waals surface area contributed by atoms with Crippen molar-refractivity contribution >= 4 is 18.3 Å². The Hall–Kier alpha value is -2.79. The molecule has 0 spiro atoms. The van der Waals surface area contributed by atoms with Crippen molar-refractivity contribution in [2.24, 2.45) is 0 Å². The Kier molecular flexibility index (Phi) is 4.48. The van der Waals surface area contributed by atoms with Crippen LogP contribution in [-0.2, 0) is 0 Å². The minimum absolute atomic E-state index is 0.190. The van der Waals surface area contributed by atoms with Gasteiger partial charge in [-0.25, -0.2) is 0 Å². The lowest BCUT2D eigenvalue weighted by molar-refractivity contribution is 0.426. The Balaban J connectivity index is 3.10. The molecular weight excluding hydrogens is 231 g/mol. The molecule has 0 unspecified atom stereocenters. The maximum atomic E-state index is 8.99. The molecule has 1 aromatic rings. The number of hydrogen-bond acceptors (Lipinski definition) is 6. The third kappa shape index (κ3) is 3.10. The van der Waals surface area contributed by atoms with Gasteiger partial charge in [0.1, 0.15) is 23.9 Å². The molecule has 0 saturated heterocycles. The van der Waals surface area contributed by atoms with Gasteiger partial charge in [0.15, 0.2) is 5.57 Å². The van der Waals surface area contributed by atoms with E-state index < -0.39 is 7.12 Å². The van der Waals surface area contributed by atoms with E-state index in [1.807, 2.05) is 0 Å². The molecule has 7 heteroatoms. The van der Waals surface area contributed by atoms with Crippen molar-refractivity contribution in [1.82, 2.24) is 0 Å². The zero-order chi connectivity index (χ0) is 13.5. The Morgan fingerprint density at radius 3 is 2.28 bits per heavy atom. The smallest absolute Gasteiger partial charge is 0.423 e. The monoisotopic (exact) mass is 238 g/mol. The van der Waals surface area contributed by atoms with E-state index in [2.05, 4.69) is 5.32 Å². The Morgan fingerprint density at radius 2 is 1.78 bits per heavy atom. The molecule has 0 aliphatic carbocycles. The van der Waals surface area contributed by atoms with E-state index >= 15 is 0 Å². The van der Waals surface area contributed by atoms with Crippen LogP contribution in [0.5, 0.6) is 0 Å². The molecule has 3 N–H and O–H groups in total. The number of anilines is 1. The summed E-state index contributed by atoms with van der Waals surface area (Å²) in [4.78, 5) is 0. The number of nitrogens with zero attached hydrogens (tertiary/aromatic N) is 3. The van der Waals surface area contributed by atoms with Crippen LogP contribution < -0.4 is 10.8 Å². The summed E-state index contributed by atoms with van der Waals surface area (Å²) in [6.07, 6.45) is 0. The first-order valence-electron chi connectivity index (χ1n) is 4.80. The van der Waals surface area contributed by atoms with Gasteiger partial charge in [0.2, 0.25) is 0 Å². The summed E-state index contributed by atoms with van der Waals surface area (Å²) < 4.78 is 0. The van der Waals surface area contributed by atoms with Crippen molar-refractivity contribution in [3.63, 3.8) is 0 Å². The van der Waals surface area contributed by atoms with Crippen LogP contribution in [0.25, 0.3) is 0 Å². The molecule has 0 heterocycles. The fraction of sp³-hybridized carbons (Fsp3) is 0. The van der Waals surface area contributed by atoms with E-state index in [1.54, 1.807) is 30.3 Å². The second-order valence-corrected chi connectivity index (χ2v) is 3.21. The van der Waals surface area contributed by atoms with E-state index in [-0.39, 0.29) is 16.7 Å². The molecule has 0 atom stereocenters. The lowest BCUT2D eigenvalue weighted by Gasteiger charge is -2.06. The second kappa shape index (κ2) is 6.07. The molecule has 0 bridgehead atoms. The van der Waals surface area contributed by atoms with Gasteiger partial charge in [-0.15, -0.1) is 0 Å². The summed E-state index contributed by atoms with van der Waals surface area (Å²) in [5, 5.41) is 46.7. The summed E-state index contributed by atoms with van der Waals surface area (Å²) in [5.74, 6) is 0. The van der Waals surface area contributed by atoms with Crippen molar-refractivity contribution in [3.8, 4) is 18.2 Å². The van der Waals surface area contributed by atoms with Crippen LogP contribution in [0.2, 0.25) is 0 Å². The van der Waals surface area contributed by atoms with E-state index in [9.17, 15) is 0 Å². The van der Waals surface area contributed by atoms with Crippen LogP contribution in [0.3, 0.4) is 0 Å². The van der Waals surface area contributed by atoms with Gasteiger partial charge in [-0.3, -0.25) is 0 Å². The summed E-state index contributed by atoms with van der Waals surface area (Å²) >= 11 is 0. The fourth-order valence-electron chi connectivity index (χ4n) is 1.20. The van der Waals surface area contributed by atoms with Gasteiger partial charge < -0.3 is 15.4 Å². The number of nitrogens with one attached hydrogen (secondary N) is 1. The SMILES string of the molecule is N#CC(C#N)=C(C#N)Nc1cccc(B(O)O)c1. The molecule has 0 aliphatic rings. The largest absolute Gasteiger partial charge is 0.488 e. The lowest BCUT2D eigenvalue weighted by atomic mass is 9.80. The van der Waals surface area contributed by atoms with Gasteiger partial charge in [0.05, 0.1) is 0 Å². The first-order valence-corrected chi connectivity index (χ1v) is 4.80. The van der Waals surface area contributed by atoms with Crippen molar-refractivity contribution in [2.45, 2.75) is 0 Å². The zero-order valence-electron chi connectivity index (χ0n) is 9.12. The molecular formula is C11H7BN4O2. The molecule has 18 heavy (non-hydrogen) atoms. The van der Waals surface area contributed by atoms with Gasteiger partial charge >= 0.3 is 7.12 Å². The Morgan fingerprint density at radius 1 is 1.11 bits per heavy atom. The predicted octanol–water partition coefficient (Wildman–Crippen LogP) is -0.397. The third-order valence-electron chi connectivity index (χ3n) is 2.04. The van der Waals surface area contributed by atoms with Gasteiger partial charge in [0.25, 0.3) is 0 Å². The summed E-state index contributed by atoms with van der Waals surface area (Å²) in [6.45, 7) is 0. The normalized spacial score (nSPS) is 8.39. The maximum absolute atomic E-state index is 8.99. The molecule has 0 radical (unpaired) electrons. The Labute approximate surface area is 104 Å². The number of allylic oxidation sites excluding steroid dienone is 2. The number of benzene rings is 1. The molecule has 0 fully saturated rings. The minimum atomic E-state index is -1.63. The van der Waals surface area contributed by atoms with Crippen LogP contribution in [0.4, 0.5) is 5.69 Å². The summed E-state index contributed by atoms with van der Waals surface area (Å²) in [5.41, 5.74) is 0.0740. The van der Waals surface area contributed by atoms with Crippen LogP contribution in [0.15, 0.2) is 35.5 Å². The van der Waals surface area contributed by atoms with E-state index in [0.29, 0.717) is 5.69 Å². The molecule has 0 aromatic heterocycles. The predicted molar refractivity (Wildman–Crippen MR) is 63.8 cm³/mol. The maximum Gasteiger partial charge on any atom is 0.488 e. The first-order chi connectivity index (χ1) is 8.62. The molecule has 0 amide bonds. The topological polar surface area (TPSA) is 124 Å². The zero-order valence-corrected chi connectivity index (χ0v) is 9.12. The van der Waals surface area contributed by atoms with Gasteiger partial charge in [0, 0.05) is 5.69 Å². The van der Waals surface area contributed by atoms with E-state index in [4.69, 9.17) is 25.8 Å². The van der Waals surface area contributed by atoms with E-state index in [0.717, 1.165) is 0 Å². The number of rotatable bonds is 3. The summed E-state index contributed by atoms with van der Waals surface area (Å²) in [6, 6.07) is 10.9. The lowest BCUT2D eigenvalue weighted by Crippen LogP contribution is -2.29. The molecule has 86 valence electrons. The first kappa shape index (κ1) is 13.3. The Bertz CT molecular complexity index is 589. The fourth-order valence-corrected chi connectivity index (χ4v) is 1.20. The van der Waals surface area contributed by atoms with Gasteiger partial charge in [-0.05, 0) is 17.6 Å². The van der Waals surface area contributed by atoms with Gasteiger partial charge in [-0.1, -0.05) is 12.1 Å². The van der Waals surface area contributed by atoms with Crippen molar-refractivity contribution < 1.29 is 10.0 Å². The number of hydrogen-bond donors (Lipinski definition) is 3. The van der Waals surface area contributed by atoms with E-state index in [1.165, 1.54) is 12.1 Å². The molecule has 1 aromatic carbocycles. The highest BCUT2D eigenvalue weighted by atomic mass is 16.4. The van der Waals surface area contributed by atoms with Crippen molar-refractivity contribution in [1.29, 1.82) is 15.8 Å². The third-order valence-corrected chi connectivity index (χ3v) is 2.04. The molecule has 6 nitrogen and oxygen atoms in total. The van der Waals surface area contributed by atoms with Crippen LogP contribution in [0.1, 0.15) is 0 Å². The highest BCUT2D eigenvalue weighted by molar-refractivity contribution is 6.58. The molecule has 1 rings (SSSR count). The van der Waals surface area contributed by atoms with Gasteiger partial charge in [-0.2, -0.15) is 15.8 Å². The van der Waals surface area contributed by atoms with Crippen molar-refractivity contribution in [3.05, 3.63) is 35.5 Å². The molecule has 0 aliphatic heterocycles. The highest BCUT2D eigenvalue weighted by Gasteiger charge is 2.12. The average Bonchev–Trinajstić information content (AvgIpc) is 2.39. The minimum Gasteiger partial charge on any atom is -0.423 e. The number of nitriles is 3. The highest BCUT2D eigenvalue weighted by Crippen LogP contribution is 2.10. The van der Waals surface area contributed by atoms with Crippen LogP contribution >= 0.6 is 0 Å². The second-order valence-electron chi connectivity index (χ2n) is 3.21. The van der Waals surface area contributed by atoms with Crippen molar-refractivity contribution in [2.75, 3.05) is 5.32 Å². The quantitative estimate of drug-likeness (QED) is 0.486. The summed E-state index contributed by atoms with van der Waals surface area (Å²) in [7, 11) is -1.63. The van der Waals surface area contributed by atoms with Crippen LogP contribution in [0, 0.1) is 34.0 Å².